The van der Waals surface area contributed by atoms with Crippen molar-refractivity contribution in [1.82, 2.24) is 4.31 Å². The average Bonchev–Trinajstić information content (AvgIpc) is 3.29. The number of nitrogens with zero attached hydrogens (tertiary/aromatic N) is 1. The lowest BCUT2D eigenvalue weighted by Gasteiger charge is -2.22. The van der Waals surface area contributed by atoms with Crippen molar-refractivity contribution in [3.05, 3.63) is 51.2 Å². The second-order valence-corrected chi connectivity index (χ2v) is 9.83. The number of aryl methyl sites for hydroxylation is 1. The first-order chi connectivity index (χ1) is 12.8. The minimum absolute atomic E-state index is 0.136. The average molecular weight is 428 g/mol. The summed E-state index contributed by atoms with van der Waals surface area (Å²) < 4.78 is 32.5. The molecule has 1 fully saturated rings. The number of Topliss-reactive ketones (excluding diaryl/α,β-unsaturated/α-hetero) is 1. The number of ketones is 1. The van der Waals surface area contributed by atoms with Gasteiger partial charge >= 0.3 is 5.97 Å². The molecule has 0 spiro atoms. The minimum Gasteiger partial charge on any atom is -0.456 e. The Bertz CT molecular complexity index is 952. The molecule has 2 aromatic rings. The molecule has 0 radical (unpaired) electrons. The van der Waals surface area contributed by atoms with Gasteiger partial charge in [0.15, 0.2) is 6.61 Å². The van der Waals surface area contributed by atoms with Gasteiger partial charge in [0.2, 0.25) is 15.8 Å². The van der Waals surface area contributed by atoms with Gasteiger partial charge in [-0.1, -0.05) is 29.3 Å². The largest absolute Gasteiger partial charge is 0.456 e. The van der Waals surface area contributed by atoms with Crippen LogP contribution < -0.4 is 0 Å². The molecular formula is C18H18ClNO5S2. The number of hydrogen-bond donors (Lipinski definition) is 0. The van der Waals surface area contributed by atoms with E-state index in [4.69, 9.17) is 16.3 Å². The van der Waals surface area contributed by atoms with Crippen LogP contribution in [0, 0.1) is 6.92 Å². The quantitative estimate of drug-likeness (QED) is 0.522. The highest BCUT2D eigenvalue weighted by atomic mass is 35.5. The van der Waals surface area contributed by atoms with Gasteiger partial charge in [-0.15, -0.1) is 11.3 Å². The Morgan fingerprint density at radius 3 is 2.56 bits per heavy atom. The summed E-state index contributed by atoms with van der Waals surface area (Å²) in [6.07, 6.45) is 0.919. The lowest BCUT2D eigenvalue weighted by Crippen LogP contribution is -2.41. The van der Waals surface area contributed by atoms with Crippen LogP contribution >= 0.6 is 22.9 Å². The molecule has 1 atom stereocenters. The van der Waals surface area contributed by atoms with Crippen molar-refractivity contribution < 1.29 is 22.7 Å². The molecule has 1 aliphatic rings. The molecule has 1 aromatic carbocycles. The Kier molecular flexibility index (Phi) is 6.00. The van der Waals surface area contributed by atoms with Crippen LogP contribution in [0.1, 0.15) is 28.1 Å². The monoisotopic (exact) mass is 427 g/mol. The second-order valence-electron chi connectivity index (χ2n) is 6.22. The van der Waals surface area contributed by atoms with Gasteiger partial charge in [-0.05, 0) is 44.0 Å². The Morgan fingerprint density at radius 1 is 1.22 bits per heavy atom. The topological polar surface area (TPSA) is 80.8 Å². The third kappa shape index (κ3) is 4.40. The maximum Gasteiger partial charge on any atom is 0.324 e. The van der Waals surface area contributed by atoms with E-state index in [1.807, 2.05) is 6.92 Å². The minimum atomic E-state index is -3.80. The summed E-state index contributed by atoms with van der Waals surface area (Å²) in [5.41, 5.74) is 0.943. The number of hydrogen-bond acceptors (Lipinski definition) is 6. The van der Waals surface area contributed by atoms with Crippen LogP contribution in [0.5, 0.6) is 0 Å². The number of thiophene rings is 1. The van der Waals surface area contributed by atoms with Gasteiger partial charge < -0.3 is 4.74 Å². The number of benzene rings is 1. The number of ether oxygens (including phenoxy) is 1. The second kappa shape index (κ2) is 8.10. The Hall–Kier alpha value is -1.74. The van der Waals surface area contributed by atoms with E-state index >= 15 is 0 Å². The van der Waals surface area contributed by atoms with Crippen LogP contribution in [0.3, 0.4) is 0 Å². The van der Waals surface area contributed by atoms with Crippen molar-refractivity contribution in [2.45, 2.75) is 30.7 Å². The summed E-state index contributed by atoms with van der Waals surface area (Å²) in [7, 11) is -3.80. The third-order valence-corrected chi connectivity index (χ3v) is 7.49. The van der Waals surface area contributed by atoms with Gasteiger partial charge in [0, 0.05) is 6.54 Å². The number of rotatable bonds is 6. The normalized spacial score (nSPS) is 17.8. The van der Waals surface area contributed by atoms with Crippen LogP contribution in [0.2, 0.25) is 4.34 Å². The number of halogens is 1. The van der Waals surface area contributed by atoms with Crippen LogP contribution in [0.25, 0.3) is 0 Å². The van der Waals surface area contributed by atoms with Gasteiger partial charge in [0.25, 0.3) is 0 Å². The molecule has 3 rings (SSSR count). The van der Waals surface area contributed by atoms with E-state index in [9.17, 15) is 18.0 Å². The fraction of sp³-hybridized carbons (Fsp3) is 0.333. The zero-order valence-corrected chi connectivity index (χ0v) is 16.9. The number of sulfonamides is 1. The van der Waals surface area contributed by atoms with Crippen molar-refractivity contribution >= 4 is 44.7 Å². The lowest BCUT2D eigenvalue weighted by molar-refractivity contribution is -0.146. The first kappa shape index (κ1) is 20.0. The maximum absolute atomic E-state index is 12.9. The van der Waals surface area contributed by atoms with Crippen LogP contribution in [0.15, 0.2) is 41.3 Å². The molecule has 9 heteroatoms. The molecule has 2 heterocycles. The van der Waals surface area contributed by atoms with Gasteiger partial charge in [0.1, 0.15) is 6.04 Å². The summed E-state index contributed by atoms with van der Waals surface area (Å²) >= 11 is 6.89. The van der Waals surface area contributed by atoms with E-state index in [2.05, 4.69) is 0 Å². The van der Waals surface area contributed by atoms with E-state index in [0.29, 0.717) is 22.1 Å². The highest BCUT2D eigenvalue weighted by molar-refractivity contribution is 7.89. The number of carbonyl (C=O) groups excluding carboxylic acids is 2. The summed E-state index contributed by atoms with van der Waals surface area (Å²) in [6, 6.07) is 8.70. The Labute approximate surface area is 166 Å². The summed E-state index contributed by atoms with van der Waals surface area (Å²) in [6.45, 7) is 1.67. The predicted octanol–water partition coefficient (Wildman–Crippen LogP) is 3.29. The molecular weight excluding hydrogens is 410 g/mol. The van der Waals surface area contributed by atoms with Crippen LogP contribution in [0.4, 0.5) is 0 Å². The highest BCUT2D eigenvalue weighted by Gasteiger charge is 2.40. The molecule has 0 bridgehead atoms. The summed E-state index contributed by atoms with van der Waals surface area (Å²) in [5.74, 6) is -1.08. The van der Waals surface area contributed by atoms with E-state index in [-0.39, 0.29) is 17.2 Å². The SMILES string of the molecule is Cc1ccc(S(=O)(=O)N2CCC[C@@H]2C(=O)OCC(=O)c2ccc(Cl)s2)cc1. The van der Waals surface area contributed by atoms with E-state index < -0.39 is 28.6 Å². The third-order valence-electron chi connectivity index (χ3n) is 4.30. The molecule has 1 saturated heterocycles. The van der Waals surface area contributed by atoms with Gasteiger partial charge in [0.05, 0.1) is 14.1 Å². The zero-order chi connectivity index (χ0) is 19.6. The van der Waals surface area contributed by atoms with E-state index in [0.717, 1.165) is 21.2 Å². The molecule has 144 valence electrons. The van der Waals surface area contributed by atoms with Crippen LogP contribution in [-0.4, -0.2) is 43.7 Å². The predicted molar refractivity (Wildman–Crippen MR) is 103 cm³/mol. The molecule has 0 N–H and O–H groups in total. The molecule has 1 aliphatic heterocycles. The van der Waals surface area contributed by atoms with Crippen molar-refractivity contribution in [2.24, 2.45) is 0 Å². The number of esters is 1. The van der Waals surface area contributed by atoms with Crippen molar-refractivity contribution in [3.8, 4) is 0 Å². The smallest absolute Gasteiger partial charge is 0.324 e. The standard InChI is InChI=1S/C18H18ClNO5S2/c1-12-4-6-13(7-5-12)27(23,24)20-10-2-3-14(20)18(22)25-11-15(21)16-8-9-17(19)26-16/h4-9,14H,2-3,10-11H2,1H3/t14-/m1/s1. The van der Waals surface area contributed by atoms with E-state index in [1.54, 1.807) is 24.3 Å². The molecule has 6 nitrogen and oxygen atoms in total. The van der Waals surface area contributed by atoms with E-state index in [1.165, 1.54) is 12.1 Å². The lowest BCUT2D eigenvalue weighted by atomic mass is 10.2. The molecule has 0 saturated carbocycles. The fourth-order valence-electron chi connectivity index (χ4n) is 2.88. The van der Waals surface area contributed by atoms with Crippen molar-refractivity contribution in [3.63, 3.8) is 0 Å². The van der Waals surface area contributed by atoms with Crippen LogP contribution in [-0.2, 0) is 19.6 Å². The van der Waals surface area contributed by atoms with Crippen molar-refractivity contribution in [2.75, 3.05) is 13.2 Å². The molecule has 27 heavy (non-hydrogen) atoms. The van der Waals surface area contributed by atoms with Crippen molar-refractivity contribution in [1.29, 1.82) is 0 Å². The Balaban J connectivity index is 1.69. The first-order valence-electron chi connectivity index (χ1n) is 8.33. The van der Waals surface area contributed by atoms with Gasteiger partial charge in [-0.3, -0.25) is 9.59 Å². The fourth-order valence-corrected chi connectivity index (χ4v) is 5.49. The summed E-state index contributed by atoms with van der Waals surface area (Å²) in [5, 5.41) is 0. The first-order valence-corrected chi connectivity index (χ1v) is 11.0. The summed E-state index contributed by atoms with van der Waals surface area (Å²) in [4.78, 5) is 25.0. The molecule has 0 aliphatic carbocycles. The Morgan fingerprint density at radius 2 is 1.93 bits per heavy atom. The zero-order valence-electron chi connectivity index (χ0n) is 14.6. The molecule has 1 aromatic heterocycles. The number of carbonyl (C=O) groups is 2. The maximum atomic E-state index is 12.9. The van der Waals surface area contributed by atoms with Gasteiger partial charge in [-0.2, -0.15) is 4.31 Å². The highest BCUT2D eigenvalue weighted by Crippen LogP contribution is 2.27. The molecule has 0 amide bonds. The molecule has 0 unspecified atom stereocenters. The van der Waals surface area contributed by atoms with Gasteiger partial charge in [-0.25, -0.2) is 8.42 Å².